The molecule has 0 radical (unpaired) electrons. The van der Waals surface area contributed by atoms with Crippen molar-refractivity contribution >= 4 is 11.9 Å². The monoisotopic (exact) mass is 392 g/mol. The number of nitrogens with one attached hydrogen (secondary N) is 1. The summed E-state index contributed by atoms with van der Waals surface area (Å²) in [6.07, 6.45) is -4.62. The Morgan fingerprint density at radius 1 is 1.41 bits per heavy atom. The summed E-state index contributed by atoms with van der Waals surface area (Å²) in [6.45, 7) is 4.93. The fourth-order valence-electron chi connectivity index (χ4n) is 2.17. The normalized spacial score (nSPS) is 15.8. The molecule has 0 spiro atoms. The van der Waals surface area contributed by atoms with Crippen LogP contribution in [0.15, 0.2) is 30.1 Å². The van der Waals surface area contributed by atoms with Gasteiger partial charge in [-0.25, -0.2) is 9.18 Å². The van der Waals surface area contributed by atoms with Crippen molar-refractivity contribution in [3.63, 3.8) is 0 Å². The Balaban J connectivity index is 0.000000445. The van der Waals surface area contributed by atoms with Crippen LogP contribution in [0.1, 0.15) is 29.8 Å². The predicted molar refractivity (Wildman–Crippen MR) is 89.2 cm³/mol. The molecule has 1 aromatic carbocycles. The Morgan fingerprint density at radius 3 is 2.48 bits per heavy atom. The second-order valence-electron chi connectivity index (χ2n) is 6.34. The van der Waals surface area contributed by atoms with Crippen molar-refractivity contribution in [3.05, 3.63) is 41.2 Å². The lowest BCUT2D eigenvalue weighted by Crippen LogP contribution is -2.43. The predicted octanol–water partition coefficient (Wildman–Crippen LogP) is 2.53. The molecule has 10 heteroatoms. The van der Waals surface area contributed by atoms with Crippen LogP contribution in [0.3, 0.4) is 0 Å². The summed E-state index contributed by atoms with van der Waals surface area (Å²) in [7, 11) is 0. The number of aliphatic carboxylic acids is 1. The number of nitrogens with two attached hydrogens (primary N) is 1. The zero-order chi connectivity index (χ0) is 20.8. The van der Waals surface area contributed by atoms with Crippen molar-refractivity contribution in [3.8, 4) is 5.75 Å². The molecule has 1 amide bonds. The maximum Gasteiger partial charge on any atom is 0.490 e. The number of carboxylic acid groups (broad SMARTS) is 1. The molecule has 1 aromatic rings. The first kappa shape index (κ1) is 22.4. The van der Waals surface area contributed by atoms with E-state index in [9.17, 15) is 22.4 Å². The van der Waals surface area contributed by atoms with E-state index in [0.29, 0.717) is 29.8 Å². The molecule has 0 aliphatic carbocycles. The molecule has 27 heavy (non-hydrogen) atoms. The molecular formula is C17H20F4N2O4. The van der Waals surface area contributed by atoms with Gasteiger partial charge in [-0.05, 0) is 23.8 Å². The van der Waals surface area contributed by atoms with Crippen LogP contribution in [0, 0.1) is 0 Å². The molecule has 0 bridgehead atoms. The van der Waals surface area contributed by atoms with Crippen molar-refractivity contribution in [2.24, 2.45) is 5.73 Å². The number of carbonyl (C=O) groups is 2. The third kappa shape index (κ3) is 6.24. The third-order valence-corrected chi connectivity index (χ3v) is 3.74. The van der Waals surface area contributed by atoms with Gasteiger partial charge in [0, 0.05) is 29.6 Å². The Morgan fingerprint density at radius 2 is 2.00 bits per heavy atom. The molecule has 0 saturated carbocycles. The minimum atomic E-state index is -5.08. The number of carboxylic acids is 1. The highest BCUT2D eigenvalue weighted by atomic mass is 19.4. The van der Waals surface area contributed by atoms with Crippen molar-refractivity contribution in [1.82, 2.24) is 5.32 Å². The highest BCUT2D eigenvalue weighted by Crippen LogP contribution is 2.32. The number of hydrogen-bond acceptors (Lipinski definition) is 4. The number of carbonyl (C=O) groups excluding carboxylic acids is 1. The molecule has 1 aliphatic rings. The molecule has 1 aliphatic heterocycles. The van der Waals surface area contributed by atoms with E-state index < -0.39 is 12.1 Å². The highest BCUT2D eigenvalue weighted by Gasteiger charge is 2.38. The Labute approximate surface area is 153 Å². The van der Waals surface area contributed by atoms with E-state index in [1.54, 1.807) is 12.1 Å². The van der Waals surface area contributed by atoms with Crippen LogP contribution in [0.25, 0.3) is 0 Å². The van der Waals surface area contributed by atoms with Crippen molar-refractivity contribution < 1.29 is 37.0 Å². The standard InChI is InChI=1S/C15H19FN2O2.C2HF3O2/c1-15(2)9-18-14(19)12-4-3-11(5-13(12)15)20-8-10(6-16)7-17;3-2(4,5)1(6)7/h3-6H,7-9,17H2,1-2H3,(H,18,19);(H,6,7). The molecular weight excluding hydrogens is 372 g/mol. The van der Waals surface area contributed by atoms with E-state index in [1.165, 1.54) is 0 Å². The third-order valence-electron chi connectivity index (χ3n) is 3.74. The fourth-order valence-corrected chi connectivity index (χ4v) is 2.17. The van der Waals surface area contributed by atoms with Gasteiger partial charge in [-0.15, -0.1) is 0 Å². The first-order valence-electron chi connectivity index (χ1n) is 7.76. The summed E-state index contributed by atoms with van der Waals surface area (Å²) < 4.78 is 49.7. The van der Waals surface area contributed by atoms with Crippen LogP contribution in [-0.2, 0) is 10.2 Å². The summed E-state index contributed by atoms with van der Waals surface area (Å²) in [5.74, 6) is -2.22. The van der Waals surface area contributed by atoms with Crippen LogP contribution < -0.4 is 15.8 Å². The van der Waals surface area contributed by atoms with Gasteiger partial charge in [0.15, 0.2) is 0 Å². The summed E-state index contributed by atoms with van der Waals surface area (Å²) >= 11 is 0. The van der Waals surface area contributed by atoms with Crippen LogP contribution in [0.5, 0.6) is 5.75 Å². The van der Waals surface area contributed by atoms with Gasteiger partial charge < -0.3 is 20.9 Å². The minimum Gasteiger partial charge on any atom is -0.489 e. The lowest BCUT2D eigenvalue weighted by molar-refractivity contribution is -0.192. The number of benzene rings is 1. The molecule has 0 unspecified atom stereocenters. The van der Waals surface area contributed by atoms with E-state index in [1.807, 2.05) is 6.07 Å². The van der Waals surface area contributed by atoms with E-state index >= 15 is 0 Å². The maximum absolute atomic E-state index is 12.4. The van der Waals surface area contributed by atoms with Crippen LogP contribution >= 0.6 is 0 Å². The number of halogens is 4. The van der Waals surface area contributed by atoms with Gasteiger partial charge in [0.2, 0.25) is 0 Å². The van der Waals surface area contributed by atoms with Gasteiger partial charge in [0.1, 0.15) is 12.4 Å². The largest absolute Gasteiger partial charge is 0.490 e. The van der Waals surface area contributed by atoms with Gasteiger partial charge in [0.05, 0.1) is 6.33 Å². The van der Waals surface area contributed by atoms with Gasteiger partial charge in [-0.1, -0.05) is 13.8 Å². The highest BCUT2D eigenvalue weighted by molar-refractivity contribution is 5.97. The molecule has 0 aromatic heterocycles. The number of alkyl halides is 3. The fraction of sp³-hybridized carbons (Fsp3) is 0.412. The van der Waals surface area contributed by atoms with Crippen molar-refractivity contribution in [2.45, 2.75) is 25.4 Å². The van der Waals surface area contributed by atoms with Crippen LogP contribution in [-0.4, -0.2) is 42.9 Å². The smallest absolute Gasteiger partial charge is 0.489 e. The number of rotatable bonds is 4. The molecule has 1 heterocycles. The lowest BCUT2D eigenvalue weighted by atomic mass is 9.79. The summed E-state index contributed by atoms with van der Waals surface area (Å²) in [4.78, 5) is 20.7. The van der Waals surface area contributed by atoms with Crippen molar-refractivity contribution in [1.29, 1.82) is 0 Å². The average molecular weight is 392 g/mol. The van der Waals surface area contributed by atoms with E-state index in [0.717, 1.165) is 5.56 Å². The Kier molecular flexibility index (Phi) is 7.35. The average Bonchev–Trinajstić information content (AvgIpc) is 2.59. The summed E-state index contributed by atoms with van der Waals surface area (Å²) in [5.41, 5.74) is 7.21. The number of fused-ring (bicyclic) bond motifs is 1. The molecule has 150 valence electrons. The van der Waals surface area contributed by atoms with Gasteiger partial charge in [-0.2, -0.15) is 13.2 Å². The second kappa shape index (κ2) is 8.85. The van der Waals surface area contributed by atoms with Crippen LogP contribution in [0.4, 0.5) is 17.6 Å². The summed E-state index contributed by atoms with van der Waals surface area (Å²) in [5, 5.41) is 9.99. The van der Waals surface area contributed by atoms with E-state index in [-0.39, 0.29) is 24.5 Å². The topological polar surface area (TPSA) is 102 Å². The van der Waals surface area contributed by atoms with Crippen molar-refractivity contribution in [2.75, 3.05) is 19.7 Å². The first-order valence-corrected chi connectivity index (χ1v) is 7.76. The molecule has 0 atom stereocenters. The zero-order valence-corrected chi connectivity index (χ0v) is 14.7. The maximum atomic E-state index is 12.4. The Hall–Kier alpha value is -2.62. The minimum absolute atomic E-state index is 0.0721. The van der Waals surface area contributed by atoms with Gasteiger partial charge in [0.25, 0.3) is 5.91 Å². The second-order valence-corrected chi connectivity index (χ2v) is 6.34. The molecule has 2 rings (SSSR count). The van der Waals surface area contributed by atoms with Crippen LogP contribution in [0.2, 0.25) is 0 Å². The van der Waals surface area contributed by atoms with E-state index in [2.05, 4.69) is 19.2 Å². The zero-order valence-electron chi connectivity index (χ0n) is 14.7. The number of hydrogen-bond donors (Lipinski definition) is 3. The van der Waals surface area contributed by atoms with Gasteiger partial charge in [-0.3, -0.25) is 4.79 Å². The van der Waals surface area contributed by atoms with E-state index in [4.69, 9.17) is 20.4 Å². The quantitative estimate of drug-likeness (QED) is 0.684. The molecule has 4 N–H and O–H groups in total. The molecule has 6 nitrogen and oxygen atoms in total. The lowest BCUT2D eigenvalue weighted by Gasteiger charge is -2.32. The summed E-state index contributed by atoms with van der Waals surface area (Å²) in [6, 6.07) is 5.30. The SMILES string of the molecule is CC1(C)CNC(=O)c2ccc(OCC(=CF)CN)cc21.O=C(O)C(F)(F)F. The molecule has 0 fully saturated rings. The number of ether oxygens (including phenoxy) is 1. The molecule has 0 saturated heterocycles. The number of amides is 1. The first-order chi connectivity index (χ1) is 12.4. The Bertz CT molecular complexity index is 730. The van der Waals surface area contributed by atoms with Gasteiger partial charge >= 0.3 is 12.1 Å².